The lowest BCUT2D eigenvalue weighted by Crippen LogP contribution is -2.03. The Balaban J connectivity index is 1.22. The fourth-order valence-electron chi connectivity index (χ4n) is 6.68. The molecule has 49 heavy (non-hydrogen) atoms. The van der Waals surface area contributed by atoms with E-state index < -0.39 is 0 Å². The third-order valence-electron chi connectivity index (χ3n) is 9.10. The van der Waals surface area contributed by atoms with Crippen molar-refractivity contribution >= 4 is 21.8 Å². The molecule has 0 saturated carbocycles. The van der Waals surface area contributed by atoms with Crippen LogP contribution in [0.1, 0.15) is 0 Å². The molecule has 0 aliphatic carbocycles. The Bertz CT molecular complexity index is 2420. The number of para-hydroxylation sites is 3. The van der Waals surface area contributed by atoms with E-state index in [4.69, 9.17) is 15.0 Å². The molecule has 7 aromatic carbocycles. The summed E-state index contributed by atoms with van der Waals surface area (Å²) in [6.45, 7) is 0. The van der Waals surface area contributed by atoms with Crippen molar-refractivity contribution in [2.75, 3.05) is 0 Å². The van der Waals surface area contributed by atoms with Gasteiger partial charge in [0.1, 0.15) is 0 Å². The molecule has 0 fully saturated rings. The molecule has 4 heteroatoms. The summed E-state index contributed by atoms with van der Waals surface area (Å²) in [6, 6.07) is 63.3. The molecule has 0 saturated heterocycles. The van der Waals surface area contributed by atoms with Gasteiger partial charge in [-0.25, -0.2) is 15.0 Å². The summed E-state index contributed by atoms with van der Waals surface area (Å²) in [5.74, 6) is 1.88. The molecular weight excluding hydrogens is 597 g/mol. The van der Waals surface area contributed by atoms with E-state index in [2.05, 4.69) is 174 Å². The van der Waals surface area contributed by atoms with Crippen molar-refractivity contribution in [3.63, 3.8) is 0 Å². The van der Waals surface area contributed by atoms with Crippen LogP contribution < -0.4 is 0 Å². The molecule has 230 valence electrons. The van der Waals surface area contributed by atoms with Gasteiger partial charge >= 0.3 is 0 Å². The molecule has 0 radical (unpaired) electrons. The summed E-state index contributed by atoms with van der Waals surface area (Å²) in [5, 5.41) is 2.42. The third-order valence-corrected chi connectivity index (χ3v) is 9.10. The second-order valence-corrected chi connectivity index (χ2v) is 12.1. The third kappa shape index (κ3) is 5.26. The first-order valence-electron chi connectivity index (χ1n) is 16.5. The van der Waals surface area contributed by atoms with Gasteiger partial charge in [0.25, 0.3) is 0 Å². The minimum Gasteiger partial charge on any atom is -0.309 e. The van der Waals surface area contributed by atoms with Gasteiger partial charge in [0.05, 0.1) is 16.7 Å². The highest BCUT2D eigenvalue weighted by atomic mass is 15.1. The predicted molar refractivity (Wildman–Crippen MR) is 201 cm³/mol. The monoisotopic (exact) mass is 626 g/mol. The molecule has 0 aliphatic rings. The van der Waals surface area contributed by atoms with Crippen molar-refractivity contribution in [1.82, 2.24) is 19.5 Å². The van der Waals surface area contributed by atoms with Gasteiger partial charge in [0, 0.05) is 27.5 Å². The summed E-state index contributed by atoms with van der Waals surface area (Å²) in [4.78, 5) is 15.4. The van der Waals surface area contributed by atoms with Gasteiger partial charge in [-0.2, -0.15) is 0 Å². The van der Waals surface area contributed by atoms with E-state index in [0.717, 1.165) is 44.5 Å². The van der Waals surface area contributed by atoms with Gasteiger partial charge in [-0.05, 0) is 46.5 Å². The largest absolute Gasteiger partial charge is 0.309 e. The summed E-state index contributed by atoms with van der Waals surface area (Å²) >= 11 is 0. The maximum atomic E-state index is 5.16. The van der Waals surface area contributed by atoms with E-state index in [1.807, 2.05) is 12.1 Å². The van der Waals surface area contributed by atoms with E-state index in [0.29, 0.717) is 17.5 Å². The Morgan fingerprint density at radius 2 is 0.653 bits per heavy atom. The average Bonchev–Trinajstić information content (AvgIpc) is 3.53. The second kappa shape index (κ2) is 12.2. The Morgan fingerprint density at radius 3 is 1.16 bits per heavy atom. The standard InChI is InChI=1S/C45H30N4/c1-3-13-31(14-4-1)33-23-27-35(28-24-33)43-46-44(36-29-25-34(26-30-36)32-15-5-2-6-16-32)48-45(47-43)39-19-9-12-22-42(39)49-40-20-10-7-17-37(40)38-18-8-11-21-41(38)49/h1-30H. The molecule has 0 amide bonds. The fraction of sp³-hybridized carbons (Fsp3) is 0. The molecule has 9 aromatic rings. The lowest BCUT2D eigenvalue weighted by atomic mass is 10.0. The zero-order valence-electron chi connectivity index (χ0n) is 26.6. The minimum absolute atomic E-state index is 0.622. The zero-order valence-corrected chi connectivity index (χ0v) is 26.6. The highest BCUT2D eigenvalue weighted by Gasteiger charge is 2.19. The summed E-state index contributed by atoms with van der Waals surface area (Å²) in [6.07, 6.45) is 0. The first-order valence-corrected chi connectivity index (χ1v) is 16.5. The molecular formula is C45H30N4. The number of aromatic nitrogens is 4. The lowest BCUT2D eigenvalue weighted by molar-refractivity contribution is 1.06. The van der Waals surface area contributed by atoms with Gasteiger partial charge in [-0.15, -0.1) is 0 Å². The van der Waals surface area contributed by atoms with E-state index in [-0.39, 0.29) is 0 Å². The van der Waals surface area contributed by atoms with Crippen LogP contribution in [0.5, 0.6) is 0 Å². The first-order chi connectivity index (χ1) is 24.3. The van der Waals surface area contributed by atoms with Crippen molar-refractivity contribution in [3.8, 4) is 62.1 Å². The molecule has 2 aromatic heterocycles. The number of rotatable bonds is 6. The van der Waals surface area contributed by atoms with Crippen LogP contribution in [0, 0.1) is 0 Å². The van der Waals surface area contributed by atoms with Crippen molar-refractivity contribution in [2.24, 2.45) is 0 Å². The van der Waals surface area contributed by atoms with Gasteiger partial charge in [0.2, 0.25) is 0 Å². The van der Waals surface area contributed by atoms with Crippen LogP contribution in [0.4, 0.5) is 0 Å². The van der Waals surface area contributed by atoms with Crippen LogP contribution in [0.15, 0.2) is 182 Å². The van der Waals surface area contributed by atoms with Crippen LogP contribution in [-0.2, 0) is 0 Å². The van der Waals surface area contributed by atoms with Crippen LogP contribution >= 0.6 is 0 Å². The first kappa shape index (κ1) is 28.6. The van der Waals surface area contributed by atoms with E-state index >= 15 is 0 Å². The van der Waals surface area contributed by atoms with E-state index in [1.54, 1.807) is 0 Å². The van der Waals surface area contributed by atoms with Gasteiger partial charge < -0.3 is 4.57 Å². The highest BCUT2D eigenvalue weighted by molar-refractivity contribution is 6.09. The SMILES string of the molecule is c1ccc(-c2ccc(-c3nc(-c4ccc(-c5ccccc5)cc4)nc(-c4ccccc4-n4c5ccccc5c5ccccc54)n3)cc2)cc1. The number of hydrogen-bond acceptors (Lipinski definition) is 3. The van der Waals surface area contributed by atoms with Crippen molar-refractivity contribution in [2.45, 2.75) is 0 Å². The quantitative estimate of drug-likeness (QED) is 0.184. The smallest absolute Gasteiger partial charge is 0.166 e. The van der Waals surface area contributed by atoms with Crippen molar-refractivity contribution in [1.29, 1.82) is 0 Å². The molecule has 0 N–H and O–H groups in total. The van der Waals surface area contributed by atoms with Gasteiger partial charge in [-0.3, -0.25) is 0 Å². The molecule has 0 spiro atoms. The van der Waals surface area contributed by atoms with Crippen LogP contribution in [0.3, 0.4) is 0 Å². The normalized spacial score (nSPS) is 11.3. The highest BCUT2D eigenvalue weighted by Crippen LogP contribution is 2.36. The second-order valence-electron chi connectivity index (χ2n) is 12.1. The molecule has 0 atom stereocenters. The molecule has 4 nitrogen and oxygen atoms in total. The number of fused-ring (bicyclic) bond motifs is 3. The number of benzene rings is 7. The molecule has 0 unspecified atom stereocenters. The van der Waals surface area contributed by atoms with Crippen molar-refractivity contribution in [3.05, 3.63) is 182 Å². The Hall–Kier alpha value is -6.65. The van der Waals surface area contributed by atoms with Crippen LogP contribution in [0.25, 0.3) is 83.9 Å². The summed E-state index contributed by atoms with van der Waals surface area (Å²) in [5.41, 5.74) is 10.7. The molecule has 0 bridgehead atoms. The Labute approximate surface area is 284 Å². The maximum absolute atomic E-state index is 5.16. The fourth-order valence-corrected chi connectivity index (χ4v) is 6.68. The lowest BCUT2D eigenvalue weighted by Gasteiger charge is -2.14. The summed E-state index contributed by atoms with van der Waals surface area (Å²) in [7, 11) is 0. The molecule has 0 aliphatic heterocycles. The van der Waals surface area contributed by atoms with Gasteiger partial charge in [-0.1, -0.05) is 158 Å². The van der Waals surface area contributed by atoms with Crippen molar-refractivity contribution < 1.29 is 0 Å². The molecule has 9 rings (SSSR count). The summed E-state index contributed by atoms with van der Waals surface area (Å²) < 4.78 is 2.33. The molecule has 2 heterocycles. The zero-order chi connectivity index (χ0) is 32.6. The van der Waals surface area contributed by atoms with Gasteiger partial charge in [0.15, 0.2) is 17.5 Å². The number of hydrogen-bond donors (Lipinski definition) is 0. The van der Waals surface area contributed by atoms with E-state index in [1.165, 1.54) is 21.9 Å². The Kier molecular flexibility index (Phi) is 7.10. The van der Waals surface area contributed by atoms with E-state index in [9.17, 15) is 0 Å². The topological polar surface area (TPSA) is 43.6 Å². The van der Waals surface area contributed by atoms with Crippen LogP contribution in [0.2, 0.25) is 0 Å². The maximum Gasteiger partial charge on any atom is 0.166 e. The van der Waals surface area contributed by atoms with Crippen LogP contribution in [-0.4, -0.2) is 19.5 Å². The average molecular weight is 627 g/mol. The number of nitrogens with zero attached hydrogens (tertiary/aromatic N) is 4. The Morgan fingerprint density at radius 1 is 0.286 bits per heavy atom. The predicted octanol–water partition coefficient (Wildman–Crippen LogP) is 11.3. The minimum atomic E-state index is 0.622.